The number of rotatable bonds is 4. The van der Waals surface area contributed by atoms with Crippen LogP contribution in [0, 0.1) is 6.92 Å². The molecule has 128 valence electrons. The number of nitrogens with two attached hydrogens (primary N) is 1. The highest BCUT2D eigenvalue weighted by atomic mass is 32.1. The minimum atomic E-state index is 0.207. The van der Waals surface area contributed by atoms with Gasteiger partial charge in [0.15, 0.2) is 5.13 Å². The quantitative estimate of drug-likeness (QED) is 0.926. The third-order valence-electron chi connectivity index (χ3n) is 4.57. The van der Waals surface area contributed by atoms with Crippen LogP contribution >= 0.6 is 11.3 Å². The van der Waals surface area contributed by atoms with E-state index >= 15 is 0 Å². The van der Waals surface area contributed by atoms with Crippen LogP contribution < -0.4 is 10.6 Å². The molecular weight excluding hydrogens is 320 g/mol. The van der Waals surface area contributed by atoms with Crippen LogP contribution in [-0.2, 0) is 11.2 Å². The topological polar surface area (TPSA) is 62.5 Å². The van der Waals surface area contributed by atoms with Crippen molar-refractivity contribution in [3.05, 3.63) is 40.9 Å². The van der Waals surface area contributed by atoms with Crippen molar-refractivity contribution in [3.8, 4) is 0 Å². The van der Waals surface area contributed by atoms with Crippen molar-refractivity contribution in [1.29, 1.82) is 0 Å². The molecule has 1 aliphatic rings. The van der Waals surface area contributed by atoms with Crippen LogP contribution in [-0.4, -0.2) is 41.5 Å². The number of anilines is 2. The molecule has 0 aliphatic carbocycles. The van der Waals surface area contributed by atoms with Crippen LogP contribution in [0.1, 0.15) is 24.6 Å². The van der Waals surface area contributed by atoms with Crippen LogP contribution in [0.5, 0.6) is 0 Å². The summed E-state index contributed by atoms with van der Waals surface area (Å²) >= 11 is 1.43. The predicted octanol–water partition coefficient (Wildman–Crippen LogP) is 2.70. The third kappa shape index (κ3) is 3.70. The summed E-state index contributed by atoms with van der Waals surface area (Å²) in [6, 6.07) is 8.65. The predicted molar refractivity (Wildman–Crippen MR) is 99.4 cm³/mol. The molecule has 0 unspecified atom stereocenters. The molecule has 2 N–H and O–H groups in total. The molecule has 2 heterocycles. The Hall–Kier alpha value is -2.08. The number of aryl methyl sites for hydroxylation is 2. The van der Waals surface area contributed by atoms with Gasteiger partial charge in [0.05, 0.1) is 5.69 Å². The number of thiazole rings is 1. The number of amides is 1. The van der Waals surface area contributed by atoms with Crippen LogP contribution in [0.15, 0.2) is 29.6 Å². The molecule has 1 aliphatic heterocycles. The number of carbonyl (C=O) groups is 1. The van der Waals surface area contributed by atoms with Gasteiger partial charge in [0.2, 0.25) is 5.91 Å². The number of hydrogen-bond acceptors (Lipinski definition) is 5. The Kier molecular flexibility index (Phi) is 5.04. The Morgan fingerprint density at radius 2 is 2.17 bits per heavy atom. The van der Waals surface area contributed by atoms with E-state index in [9.17, 15) is 4.79 Å². The lowest BCUT2D eigenvalue weighted by molar-refractivity contribution is -0.133. The van der Waals surface area contributed by atoms with Gasteiger partial charge in [0, 0.05) is 43.2 Å². The average molecular weight is 344 g/mol. The van der Waals surface area contributed by atoms with Crippen molar-refractivity contribution in [2.24, 2.45) is 0 Å². The average Bonchev–Trinajstić information content (AvgIpc) is 2.98. The van der Waals surface area contributed by atoms with Crippen molar-refractivity contribution < 1.29 is 4.79 Å². The van der Waals surface area contributed by atoms with Gasteiger partial charge in [0.1, 0.15) is 0 Å². The first-order valence-electron chi connectivity index (χ1n) is 8.34. The van der Waals surface area contributed by atoms with E-state index in [1.165, 1.54) is 22.6 Å². The maximum Gasteiger partial charge on any atom is 0.223 e. The van der Waals surface area contributed by atoms with Crippen molar-refractivity contribution in [3.63, 3.8) is 0 Å². The van der Waals surface area contributed by atoms with Gasteiger partial charge < -0.3 is 15.5 Å². The highest BCUT2D eigenvalue weighted by Crippen LogP contribution is 2.23. The number of piperazine rings is 1. The summed E-state index contributed by atoms with van der Waals surface area (Å²) in [6.07, 6.45) is 1.16. The summed E-state index contributed by atoms with van der Waals surface area (Å²) in [7, 11) is 0. The van der Waals surface area contributed by atoms with E-state index in [-0.39, 0.29) is 11.9 Å². The highest BCUT2D eigenvalue weighted by molar-refractivity contribution is 7.13. The molecule has 1 aromatic heterocycles. The van der Waals surface area contributed by atoms with E-state index in [1.807, 2.05) is 10.3 Å². The molecule has 1 atom stereocenters. The second-order valence-corrected chi connectivity index (χ2v) is 7.24. The summed E-state index contributed by atoms with van der Waals surface area (Å²) in [5.41, 5.74) is 9.11. The smallest absolute Gasteiger partial charge is 0.223 e. The van der Waals surface area contributed by atoms with Gasteiger partial charge >= 0.3 is 0 Å². The molecule has 1 aromatic carbocycles. The van der Waals surface area contributed by atoms with E-state index < -0.39 is 0 Å². The number of aromatic nitrogens is 1. The van der Waals surface area contributed by atoms with Gasteiger partial charge in [-0.3, -0.25) is 4.79 Å². The molecule has 2 aromatic rings. The summed E-state index contributed by atoms with van der Waals surface area (Å²) in [4.78, 5) is 21.2. The third-order valence-corrected chi connectivity index (χ3v) is 5.29. The maximum absolute atomic E-state index is 12.6. The second kappa shape index (κ2) is 7.21. The van der Waals surface area contributed by atoms with Crippen molar-refractivity contribution >= 4 is 28.1 Å². The van der Waals surface area contributed by atoms with Gasteiger partial charge in [-0.15, -0.1) is 11.3 Å². The SMILES string of the molecule is Cc1ccccc1N1CCN(C(=O)CCc2csc(N)n2)[C@H](C)C1. The van der Waals surface area contributed by atoms with Crippen LogP contribution in [0.3, 0.4) is 0 Å². The molecule has 1 saturated heterocycles. The highest BCUT2D eigenvalue weighted by Gasteiger charge is 2.27. The lowest BCUT2D eigenvalue weighted by Crippen LogP contribution is -2.54. The fraction of sp³-hybridized carbons (Fsp3) is 0.444. The molecule has 0 saturated carbocycles. The summed E-state index contributed by atoms with van der Waals surface area (Å²) < 4.78 is 0. The van der Waals surface area contributed by atoms with Gasteiger partial charge in [-0.1, -0.05) is 18.2 Å². The van der Waals surface area contributed by atoms with Crippen molar-refractivity contribution in [1.82, 2.24) is 9.88 Å². The standard InChI is InChI=1S/C18H24N4OS/c1-13-5-3-4-6-16(13)21-9-10-22(14(2)11-21)17(23)8-7-15-12-24-18(19)20-15/h3-6,12,14H,7-11H2,1-2H3,(H2,19,20)/t14-/m1/s1. The lowest BCUT2D eigenvalue weighted by atomic mass is 10.1. The number of para-hydroxylation sites is 1. The van der Waals surface area contributed by atoms with Gasteiger partial charge in [-0.05, 0) is 31.9 Å². The molecule has 1 amide bonds. The largest absolute Gasteiger partial charge is 0.375 e. The summed E-state index contributed by atoms with van der Waals surface area (Å²) in [6.45, 7) is 6.79. The number of carbonyl (C=O) groups excluding carboxylic acids is 1. The molecule has 1 fully saturated rings. The van der Waals surface area contributed by atoms with Gasteiger partial charge in [-0.2, -0.15) is 0 Å². The Morgan fingerprint density at radius 1 is 1.38 bits per heavy atom. The molecule has 0 bridgehead atoms. The van der Waals surface area contributed by atoms with Crippen molar-refractivity contribution in [2.45, 2.75) is 32.7 Å². The van der Waals surface area contributed by atoms with E-state index in [2.05, 4.69) is 48.0 Å². The van der Waals surface area contributed by atoms with E-state index in [0.29, 0.717) is 18.0 Å². The lowest BCUT2D eigenvalue weighted by Gasteiger charge is -2.41. The van der Waals surface area contributed by atoms with Crippen LogP contribution in [0.2, 0.25) is 0 Å². The normalized spacial score (nSPS) is 18.0. The number of nitrogens with zero attached hydrogens (tertiary/aromatic N) is 3. The fourth-order valence-electron chi connectivity index (χ4n) is 3.28. The Labute approximate surface area is 147 Å². The maximum atomic E-state index is 12.6. The minimum absolute atomic E-state index is 0.207. The molecule has 0 spiro atoms. The number of benzene rings is 1. The summed E-state index contributed by atoms with van der Waals surface area (Å²) in [5.74, 6) is 0.207. The first-order valence-corrected chi connectivity index (χ1v) is 9.22. The Balaban J connectivity index is 1.57. The second-order valence-electron chi connectivity index (χ2n) is 6.35. The van der Waals surface area contributed by atoms with E-state index in [4.69, 9.17) is 5.73 Å². The van der Waals surface area contributed by atoms with Crippen molar-refractivity contribution in [2.75, 3.05) is 30.3 Å². The molecule has 3 rings (SSSR count). The fourth-order valence-corrected chi connectivity index (χ4v) is 3.88. The number of nitrogen functional groups attached to an aromatic ring is 1. The Morgan fingerprint density at radius 3 is 2.83 bits per heavy atom. The van der Waals surface area contributed by atoms with Crippen LogP contribution in [0.4, 0.5) is 10.8 Å². The Bertz CT molecular complexity index is 715. The zero-order valence-corrected chi connectivity index (χ0v) is 15.1. The monoisotopic (exact) mass is 344 g/mol. The molecule has 6 heteroatoms. The van der Waals surface area contributed by atoms with E-state index in [0.717, 1.165) is 25.3 Å². The zero-order valence-electron chi connectivity index (χ0n) is 14.2. The van der Waals surface area contributed by atoms with Gasteiger partial charge in [0.25, 0.3) is 0 Å². The zero-order chi connectivity index (χ0) is 17.1. The van der Waals surface area contributed by atoms with Gasteiger partial charge in [-0.25, -0.2) is 4.98 Å². The van der Waals surface area contributed by atoms with E-state index in [1.54, 1.807) is 0 Å². The summed E-state index contributed by atoms with van der Waals surface area (Å²) in [5, 5.41) is 2.50. The van der Waals surface area contributed by atoms with Crippen LogP contribution in [0.25, 0.3) is 0 Å². The molecular formula is C18H24N4OS. The molecule has 0 radical (unpaired) electrons. The first-order chi connectivity index (χ1) is 11.5. The molecule has 5 nitrogen and oxygen atoms in total. The number of hydrogen-bond donors (Lipinski definition) is 1. The minimum Gasteiger partial charge on any atom is -0.375 e. The first kappa shape index (κ1) is 16.8. The molecule has 24 heavy (non-hydrogen) atoms.